The van der Waals surface area contributed by atoms with E-state index in [0.29, 0.717) is 32.5 Å². The number of nitrogens with one attached hydrogen (secondary N) is 1. The highest BCUT2D eigenvalue weighted by atomic mass is 16.3. The number of carbonyl (C=O) groups excluding carboxylic acids is 2. The van der Waals surface area contributed by atoms with Crippen LogP contribution in [0.15, 0.2) is 65.1 Å². The number of likely N-dealkylation sites (tertiary alicyclic amines) is 1. The third kappa shape index (κ3) is 3.40. The lowest BCUT2D eigenvalue weighted by atomic mass is 9.72. The first kappa shape index (κ1) is 18.3. The van der Waals surface area contributed by atoms with E-state index >= 15 is 0 Å². The smallest absolute Gasteiger partial charge is 0.231 e. The van der Waals surface area contributed by atoms with E-state index in [1.54, 1.807) is 6.92 Å². The van der Waals surface area contributed by atoms with Gasteiger partial charge in [0.05, 0.1) is 12.0 Å². The summed E-state index contributed by atoms with van der Waals surface area (Å²) < 4.78 is 5.83. The summed E-state index contributed by atoms with van der Waals surface area (Å²) in [5.41, 5.74) is 1.19. The van der Waals surface area contributed by atoms with Crippen LogP contribution in [0.25, 0.3) is 11.0 Å². The summed E-state index contributed by atoms with van der Waals surface area (Å²) in [6.45, 7) is 3.10. The van der Waals surface area contributed by atoms with Crippen LogP contribution in [0.1, 0.15) is 31.1 Å². The molecular formula is C23H24N2O3. The van der Waals surface area contributed by atoms with Gasteiger partial charge in [-0.25, -0.2) is 0 Å². The van der Waals surface area contributed by atoms with Gasteiger partial charge in [-0.15, -0.1) is 0 Å². The standard InChI is InChI=1S/C23H24N2O3/c1-17(26)25-13-11-23(12-14-25,19-8-3-2-4-9-19)22(27)24-16-20-15-18-7-5-6-10-21(18)28-20/h2-10,15H,11-14,16H2,1H3,(H,24,27). The lowest BCUT2D eigenvalue weighted by Gasteiger charge is -2.40. The molecule has 0 radical (unpaired) electrons. The van der Waals surface area contributed by atoms with Crippen molar-refractivity contribution < 1.29 is 14.0 Å². The van der Waals surface area contributed by atoms with Crippen molar-refractivity contribution in [3.05, 3.63) is 72.0 Å². The Balaban J connectivity index is 1.54. The topological polar surface area (TPSA) is 62.6 Å². The first-order valence-corrected chi connectivity index (χ1v) is 9.65. The lowest BCUT2D eigenvalue weighted by Crippen LogP contribution is -2.52. The molecule has 0 atom stereocenters. The summed E-state index contributed by atoms with van der Waals surface area (Å²) in [7, 11) is 0. The van der Waals surface area contributed by atoms with E-state index in [0.717, 1.165) is 22.3 Å². The third-order valence-electron chi connectivity index (χ3n) is 5.72. The van der Waals surface area contributed by atoms with Crippen LogP contribution in [-0.4, -0.2) is 29.8 Å². The Morgan fingerprint density at radius 3 is 2.39 bits per heavy atom. The summed E-state index contributed by atoms with van der Waals surface area (Å²) in [5.74, 6) is 0.783. The average molecular weight is 376 g/mol. The molecule has 2 aromatic carbocycles. The molecular weight excluding hydrogens is 352 g/mol. The van der Waals surface area contributed by atoms with Crippen molar-refractivity contribution in [3.63, 3.8) is 0 Å². The highest BCUT2D eigenvalue weighted by Gasteiger charge is 2.43. The zero-order valence-corrected chi connectivity index (χ0v) is 16.0. The van der Waals surface area contributed by atoms with Gasteiger partial charge < -0.3 is 14.6 Å². The average Bonchev–Trinajstić information content (AvgIpc) is 3.15. The maximum Gasteiger partial charge on any atom is 0.231 e. The van der Waals surface area contributed by atoms with E-state index in [2.05, 4.69) is 5.32 Å². The number of para-hydroxylation sites is 1. The molecule has 0 spiro atoms. The Kier molecular flexibility index (Phi) is 4.90. The van der Waals surface area contributed by atoms with Crippen LogP contribution in [-0.2, 0) is 21.5 Å². The molecule has 5 nitrogen and oxygen atoms in total. The van der Waals surface area contributed by atoms with Crippen LogP contribution in [0, 0.1) is 0 Å². The molecule has 1 aromatic heterocycles. The van der Waals surface area contributed by atoms with Gasteiger partial charge in [-0.05, 0) is 30.5 Å². The van der Waals surface area contributed by atoms with Gasteiger partial charge in [-0.3, -0.25) is 9.59 Å². The van der Waals surface area contributed by atoms with E-state index in [1.807, 2.05) is 65.6 Å². The maximum absolute atomic E-state index is 13.3. The van der Waals surface area contributed by atoms with Gasteiger partial charge in [0, 0.05) is 25.4 Å². The molecule has 2 amide bonds. The molecule has 0 unspecified atom stereocenters. The van der Waals surface area contributed by atoms with Gasteiger partial charge in [0.2, 0.25) is 11.8 Å². The van der Waals surface area contributed by atoms with Crippen molar-refractivity contribution in [2.45, 2.75) is 31.7 Å². The van der Waals surface area contributed by atoms with E-state index in [9.17, 15) is 9.59 Å². The molecule has 0 aliphatic carbocycles. The minimum absolute atomic E-state index is 0.0117. The van der Waals surface area contributed by atoms with E-state index in [4.69, 9.17) is 4.42 Å². The first-order valence-electron chi connectivity index (χ1n) is 9.65. The molecule has 0 bridgehead atoms. The van der Waals surface area contributed by atoms with Gasteiger partial charge in [0.1, 0.15) is 11.3 Å². The second kappa shape index (κ2) is 7.50. The van der Waals surface area contributed by atoms with Crippen molar-refractivity contribution in [1.82, 2.24) is 10.2 Å². The molecule has 5 heteroatoms. The molecule has 28 heavy (non-hydrogen) atoms. The summed E-state index contributed by atoms with van der Waals surface area (Å²) in [6.07, 6.45) is 1.23. The Bertz CT molecular complexity index is 952. The molecule has 1 aliphatic rings. The van der Waals surface area contributed by atoms with Gasteiger partial charge in [0.25, 0.3) is 0 Å². The number of hydrogen-bond acceptors (Lipinski definition) is 3. The predicted octanol–water partition coefficient (Wildman–Crippen LogP) is 3.63. The zero-order chi connectivity index (χ0) is 19.6. The number of nitrogens with zero attached hydrogens (tertiary/aromatic N) is 1. The Labute approximate surface area is 164 Å². The number of benzene rings is 2. The normalized spacial score (nSPS) is 16.1. The zero-order valence-electron chi connectivity index (χ0n) is 16.0. The van der Waals surface area contributed by atoms with Gasteiger partial charge in [0.15, 0.2) is 0 Å². The fraction of sp³-hybridized carbons (Fsp3) is 0.304. The second-order valence-electron chi connectivity index (χ2n) is 7.39. The number of piperidine rings is 1. The van der Waals surface area contributed by atoms with E-state index in [1.165, 1.54) is 0 Å². The maximum atomic E-state index is 13.3. The second-order valence-corrected chi connectivity index (χ2v) is 7.39. The predicted molar refractivity (Wildman–Crippen MR) is 108 cm³/mol. The van der Waals surface area contributed by atoms with Crippen molar-refractivity contribution in [1.29, 1.82) is 0 Å². The van der Waals surface area contributed by atoms with E-state index < -0.39 is 5.41 Å². The van der Waals surface area contributed by atoms with Gasteiger partial charge in [-0.2, -0.15) is 0 Å². The Hall–Kier alpha value is -3.08. The van der Waals surface area contributed by atoms with Gasteiger partial charge in [-0.1, -0.05) is 48.5 Å². The summed E-state index contributed by atoms with van der Waals surface area (Å²) in [5, 5.41) is 4.10. The van der Waals surface area contributed by atoms with Gasteiger partial charge >= 0.3 is 0 Å². The lowest BCUT2D eigenvalue weighted by molar-refractivity contribution is -0.135. The Morgan fingerprint density at radius 2 is 1.71 bits per heavy atom. The molecule has 144 valence electrons. The number of hydrogen-bond donors (Lipinski definition) is 1. The minimum Gasteiger partial charge on any atom is -0.459 e. The van der Waals surface area contributed by atoms with Crippen LogP contribution >= 0.6 is 0 Å². The molecule has 1 aliphatic heterocycles. The molecule has 1 N–H and O–H groups in total. The van der Waals surface area contributed by atoms with Crippen molar-refractivity contribution in [3.8, 4) is 0 Å². The van der Waals surface area contributed by atoms with Crippen molar-refractivity contribution in [2.75, 3.05) is 13.1 Å². The molecule has 0 saturated carbocycles. The molecule has 1 fully saturated rings. The fourth-order valence-electron chi connectivity index (χ4n) is 4.07. The number of fused-ring (bicyclic) bond motifs is 1. The number of rotatable bonds is 4. The fourth-order valence-corrected chi connectivity index (χ4v) is 4.07. The number of amides is 2. The number of carbonyl (C=O) groups is 2. The Morgan fingerprint density at radius 1 is 1.04 bits per heavy atom. The van der Waals surface area contributed by atoms with Crippen LogP contribution in [0.2, 0.25) is 0 Å². The summed E-state index contributed by atoms with van der Waals surface area (Å²) in [4.78, 5) is 26.9. The van der Waals surface area contributed by atoms with Crippen LogP contribution < -0.4 is 5.32 Å². The molecule has 4 rings (SSSR count). The summed E-state index contributed by atoms with van der Waals surface area (Å²) >= 11 is 0. The largest absolute Gasteiger partial charge is 0.459 e. The van der Waals surface area contributed by atoms with Crippen LogP contribution in [0.4, 0.5) is 0 Å². The summed E-state index contributed by atoms with van der Waals surface area (Å²) in [6, 6.07) is 19.7. The monoisotopic (exact) mass is 376 g/mol. The SMILES string of the molecule is CC(=O)N1CCC(C(=O)NCc2cc3ccccc3o2)(c2ccccc2)CC1. The van der Waals surface area contributed by atoms with E-state index in [-0.39, 0.29) is 11.8 Å². The molecule has 2 heterocycles. The molecule has 3 aromatic rings. The van der Waals surface area contributed by atoms with Crippen LogP contribution in [0.3, 0.4) is 0 Å². The number of furan rings is 1. The third-order valence-corrected chi connectivity index (χ3v) is 5.72. The minimum atomic E-state index is -0.626. The van der Waals surface area contributed by atoms with Crippen molar-refractivity contribution >= 4 is 22.8 Å². The van der Waals surface area contributed by atoms with Crippen molar-refractivity contribution in [2.24, 2.45) is 0 Å². The molecule has 1 saturated heterocycles. The van der Waals surface area contributed by atoms with Crippen LogP contribution in [0.5, 0.6) is 0 Å². The highest BCUT2D eigenvalue weighted by Crippen LogP contribution is 2.36. The first-order chi connectivity index (χ1) is 13.6. The highest BCUT2D eigenvalue weighted by molar-refractivity contribution is 5.89. The quantitative estimate of drug-likeness (QED) is 0.756.